The second kappa shape index (κ2) is 11.1. The number of carboxylic acids is 1. The standard InChI is InChI=1S/C31H27FN4O3S2/c1-17-11-21(8-9-27(17)37)20-3-2-4-22(15-20)29-23(12-19-7-10-28(41-33)24(32)13-19)26(14-18-5-6-18)36(35-29)31-34-25(16-40-31)30(38)39/h2-4,7-11,13,15-16,18,37H,5-6,12,14,33H2,1H3,(H,38,39). The molecule has 6 rings (SSSR count). The van der Waals surface area contributed by atoms with Crippen molar-refractivity contribution in [1.82, 2.24) is 14.8 Å². The second-order valence-corrected chi connectivity index (χ2v) is 11.8. The first kappa shape index (κ1) is 27.2. The highest BCUT2D eigenvalue weighted by atomic mass is 32.2. The zero-order valence-corrected chi connectivity index (χ0v) is 23.8. The highest BCUT2D eigenvalue weighted by Crippen LogP contribution is 2.39. The molecular formula is C31H27FN4O3S2. The Morgan fingerprint density at radius 1 is 1.12 bits per heavy atom. The molecule has 0 bridgehead atoms. The zero-order chi connectivity index (χ0) is 28.7. The van der Waals surface area contributed by atoms with Crippen LogP contribution in [0.4, 0.5) is 4.39 Å². The van der Waals surface area contributed by atoms with Crippen LogP contribution in [0.15, 0.2) is 70.9 Å². The summed E-state index contributed by atoms with van der Waals surface area (Å²) in [5.41, 5.74) is 7.00. The topological polar surface area (TPSA) is 114 Å². The van der Waals surface area contributed by atoms with E-state index in [4.69, 9.17) is 10.2 Å². The molecule has 208 valence electrons. The van der Waals surface area contributed by atoms with Gasteiger partial charge in [-0.15, -0.1) is 11.3 Å². The van der Waals surface area contributed by atoms with Crippen LogP contribution >= 0.6 is 23.3 Å². The first-order valence-electron chi connectivity index (χ1n) is 13.2. The Balaban J connectivity index is 1.52. The molecule has 1 saturated carbocycles. The molecule has 3 aromatic carbocycles. The van der Waals surface area contributed by atoms with Crippen molar-refractivity contribution in [1.29, 1.82) is 0 Å². The molecule has 1 fully saturated rings. The number of halogens is 1. The van der Waals surface area contributed by atoms with Gasteiger partial charge in [-0.2, -0.15) is 5.10 Å². The van der Waals surface area contributed by atoms with E-state index in [9.17, 15) is 19.4 Å². The third-order valence-corrected chi connectivity index (χ3v) is 8.73. The number of nitrogens with two attached hydrogens (primary N) is 1. The van der Waals surface area contributed by atoms with E-state index in [1.165, 1.54) is 22.8 Å². The molecule has 7 nitrogen and oxygen atoms in total. The van der Waals surface area contributed by atoms with Gasteiger partial charge in [0.05, 0.1) is 16.3 Å². The maximum Gasteiger partial charge on any atom is 0.355 e. The third-order valence-electron chi connectivity index (χ3n) is 7.33. The van der Waals surface area contributed by atoms with Gasteiger partial charge in [-0.3, -0.25) is 5.14 Å². The fourth-order valence-corrected chi connectivity index (χ4v) is 6.05. The molecule has 0 unspecified atom stereocenters. The number of hydrogen-bond acceptors (Lipinski definition) is 7. The molecule has 1 aliphatic rings. The maximum atomic E-state index is 14.7. The molecule has 0 atom stereocenters. The minimum absolute atomic E-state index is 0.0254. The number of hydrogen-bond donors (Lipinski definition) is 3. The average Bonchev–Trinajstić information content (AvgIpc) is 3.52. The summed E-state index contributed by atoms with van der Waals surface area (Å²) >= 11 is 2.11. The molecule has 2 heterocycles. The Morgan fingerprint density at radius 3 is 2.59 bits per heavy atom. The highest BCUT2D eigenvalue weighted by molar-refractivity contribution is 7.97. The number of phenolic OH excluding ortho intramolecular Hbond substituents is 1. The van der Waals surface area contributed by atoms with Gasteiger partial charge in [0, 0.05) is 22.9 Å². The average molecular weight is 587 g/mol. The van der Waals surface area contributed by atoms with Crippen molar-refractivity contribution in [2.45, 2.75) is 37.5 Å². The second-order valence-electron chi connectivity index (χ2n) is 10.3. The van der Waals surface area contributed by atoms with Crippen molar-refractivity contribution < 1.29 is 19.4 Å². The molecule has 0 saturated heterocycles. The van der Waals surface area contributed by atoms with Crippen molar-refractivity contribution in [2.75, 3.05) is 0 Å². The molecule has 10 heteroatoms. The maximum absolute atomic E-state index is 14.7. The number of thiazole rings is 1. The summed E-state index contributed by atoms with van der Waals surface area (Å²) in [4.78, 5) is 16.3. The number of rotatable bonds is 9. The number of phenols is 1. The molecule has 0 spiro atoms. The summed E-state index contributed by atoms with van der Waals surface area (Å²) in [5.74, 6) is -0.710. The molecule has 0 amide bonds. The lowest BCUT2D eigenvalue weighted by molar-refractivity contribution is 0.0691. The van der Waals surface area contributed by atoms with E-state index in [1.807, 2.05) is 43.3 Å². The molecule has 0 radical (unpaired) electrons. The number of aromatic nitrogens is 3. The van der Waals surface area contributed by atoms with Gasteiger partial charge >= 0.3 is 5.97 Å². The molecule has 1 aliphatic carbocycles. The SMILES string of the molecule is Cc1cc(-c2cccc(-c3nn(-c4nc(C(=O)O)cs4)c(CC4CC4)c3Cc3ccc(SN)c(F)c3)c2)ccc1O. The van der Waals surface area contributed by atoms with E-state index in [2.05, 4.69) is 11.1 Å². The van der Waals surface area contributed by atoms with Gasteiger partial charge in [0.1, 0.15) is 11.6 Å². The minimum atomic E-state index is -1.09. The van der Waals surface area contributed by atoms with E-state index in [-0.39, 0.29) is 17.3 Å². The lowest BCUT2D eigenvalue weighted by Crippen LogP contribution is -2.06. The smallest absolute Gasteiger partial charge is 0.355 e. The lowest BCUT2D eigenvalue weighted by Gasteiger charge is -2.10. The normalized spacial score (nSPS) is 13.0. The number of carbonyl (C=O) groups is 1. The quantitative estimate of drug-likeness (QED) is 0.159. The van der Waals surface area contributed by atoms with Crippen molar-refractivity contribution in [2.24, 2.45) is 11.1 Å². The van der Waals surface area contributed by atoms with Crippen molar-refractivity contribution in [3.8, 4) is 33.3 Å². The number of aromatic hydroxyl groups is 1. The number of benzene rings is 3. The summed E-state index contributed by atoms with van der Waals surface area (Å²) in [6, 6.07) is 18.6. The number of aryl methyl sites for hydroxylation is 1. The Hall–Kier alpha value is -3.99. The van der Waals surface area contributed by atoms with Gasteiger partial charge < -0.3 is 10.2 Å². The Labute approximate surface area is 244 Å². The molecule has 4 N–H and O–H groups in total. The Bertz CT molecular complexity index is 1780. The van der Waals surface area contributed by atoms with Crippen molar-refractivity contribution in [3.05, 3.63) is 99.9 Å². The highest BCUT2D eigenvalue weighted by Gasteiger charge is 2.29. The van der Waals surface area contributed by atoms with E-state index >= 15 is 0 Å². The van der Waals surface area contributed by atoms with Crippen LogP contribution in [0, 0.1) is 18.7 Å². The molecule has 5 aromatic rings. The molecular weight excluding hydrogens is 559 g/mol. The van der Waals surface area contributed by atoms with Crippen LogP contribution in [0.3, 0.4) is 0 Å². The first-order valence-corrected chi connectivity index (χ1v) is 14.9. The predicted molar refractivity (Wildman–Crippen MR) is 159 cm³/mol. The summed E-state index contributed by atoms with van der Waals surface area (Å²) in [5, 5.41) is 32.2. The number of nitrogens with zero attached hydrogens (tertiary/aromatic N) is 3. The largest absolute Gasteiger partial charge is 0.508 e. The van der Waals surface area contributed by atoms with Crippen LogP contribution in [0.5, 0.6) is 5.75 Å². The van der Waals surface area contributed by atoms with E-state index in [0.717, 1.165) is 76.0 Å². The van der Waals surface area contributed by atoms with Crippen molar-refractivity contribution in [3.63, 3.8) is 0 Å². The zero-order valence-electron chi connectivity index (χ0n) is 22.2. The molecule has 0 aliphatic heterocycles. The predicted octanol–water partition coefficient (Wildman–Crippen LogP) is 7.02. The molecule has 2 aromatic heterocycles. The summed E-state index contributed by atoms with van der Waals surface area (Å²) in [7, 11) is 0. The fraction of sp³-hybridized carbons (Fsp3) is 0.194. The first-order chi connectivity index (χ1) is 19.8. The van der Waals surface area contributed by atoms with E-state index in [1.54, 1.807) is 16.8 Å². The van der Waals surface area contributed by atoms with Crippen LogP contribution < -0.4 is 5.14 Å². The van der Waals surface area contributed by atoms with Crippen LogP contribution in [0.1, 0.15) is 45.7 Å². The lowest BCUT2D eigenvalue weighted by atomic mass is 9.95. The Kier molecular flexibility index (Phi) is 7.37. The van der Waals surface area contributed by atoms with Crippen LogP contribution in [0.2, 0.25) is 0 Å². The summed E-state index contributed by atoms with van der Waals surface area (Å²) in [6.45, 7) is 1.86. The fourth-order valence-electron chi connectivity index (χ4n) is 4.96. The van der Waals surface area contributed by atoms with Gasteiger partial charge in [-0.1, -0.05) is 30.3 Å². The summed E-state index contributed by atoms with van der Waals surface area (Å²) in [6.07, 6.45) is 3.43. The van der Waals surface area contributed by atoms with Gasteiger partial charge in [-0.05, 0) is 96.6 Å². The van der Waals surface area contributed by atoms with E-state index in [0.29, 0.717) is 22.4 Å². The van der Waals surface area contributed by atoms with Gasteiger partial charge in [0.15, 0.2) is 5.69 Å². The van der Waals surface area contributed by atoms with Crippen LogP contribution in [-0.2, 0) is 12.8 Å². The monoisotopic (exact) mass is 586 g/mol. The Morgan fingerprint density at radius 2 is 1.90 bits per heavy atom. The molecule has 41 heavy (non-hydrogen) atoms. The minimum Gasteiger partial charge on any atom is -0.508 e. The van der Waals surface area contributed by atoms with Gasteiger partial charge in [0.25, 0.3) is 0 Å². The van der Waals surface area contributed by atoms with Gasteiger partial charge in [0.2, 0.25) is 5.13 Å². The number of aromatic carboxylic acids is 1. The number of carboxylic acid groups (broad SMARTS) is 1. The van der Waals surface area contributed by atoms with Gasteiger partial charge in [-0.25, -0.2) is 18.9 Å². The third kappa shape index (κ3) is 5.63. The van der Waals surface area contributed by atoms with Crippen LogP contribution in [-0.4, -0.2) is 30.9 Å². The van der Waals surface area contributed by atoms with E-state index < -0.39 is 5.97 Å². The van der Waals surface area contributed by atoms with Crippen molar-refractivity contribution >= 4 is 29.3 Å². The summed E-state index contributed by atoms with van der Waals surface area (Å²) < 4.78 is 16.5. The van der Waals surface area contributed by atoms with Crippen LogP contribution in [0.25, 0.3) is 27.5 Å².